The van der Waals surface area contributed by atoms with Crippen molar-refractivity contribution in [3.63, 3.8) is 0 Å². The highest BCUT2D eigenvalue weighted by Crippen LogP contribution is 2.31. The molecule has 0 aliphatic rings. The van der Waals surface area contributed by atoms with Gasteiger partial charge in [0.2, 0.25) is 11.8 Å². The zero-order valence-electron chi connectivity index (χ0n) is 17.7. The van der Waals surface area contributed by atoms with E-state index in [4.69, 9.17) is 4.74 Å². The molecule has 0 bridgehead atoms. The summed E-state index contributed by atoms with van der Waals surface area (Å²) in [5.41, 5.74) is 2.42. The Bertz CT molecular complexity index is 1340. The number of aromatic nitrogens is 6. The molecule has 0 unspecified atom stereocenters. The fraction of sp³-hybridized carbons (Fsp3) is 0.190. The minimum absolute atomic E-state index is 0.00416. The highest BCUT2D eigenvalue weighted by atomic mass is 32.2. The van der Waals surface area contributed by atoms with E-state index in [9.17, 15) is 8.42 Å². The van der Waals surface area contributed by atoms with Crippen LogP contribution < -0.4 is 9.46 Å². The summed E-state index contributed by atoms with van der Waals surface area (Å²) in [5.74, 6) is 0.600. The number of benzene rings is 1. The van der Waals surface area contributed by atoms with Gasteiger partial charge < -0.3 is 4.74 Å². The van der Waals surface area contributed by atoms with Crippen LogP contribution in [0.15, 0.2) is 66.3 Å². The number of hydrogen-bond acceptors (Lipinski definition) is 8. The van der Waals surface area contributed by atoms with Crippen LogP contribution in [-0.4, -0.2) is 38.1 Å². The lowest BCUT2D eigenvalue weighted by Crippen LogP contribution is -2.15. The first kappa shape index (κ1) is 21.4. The molecule has 0 aliphatic heterocycles. The maximum atomic E-state index is 12.8. The molecule has 4 aromatic rings. The average Bonchev–Trinajstić information content (AvgIpc) is 3.21. The number of hydrogen-bond donors (Lipinski definition) is 1. The van der Waals surface area contributed by atoms with Crippen LogP contribution in [0.1, 0.15) is 25.3 Å². The molecule has 0 atom stereocenters. The van der Waals surface area contributed by atoms with Gasteiger partial charge in [0.1, 0.15) is 11.2 Å². The van der Waals surface area contributed by atoms with Crippen molar-refractivity contribution in [1.82, 2.24) is 29.7 Å². The van der Waals surface area contributed by atoms with Gasteiger partial charge in [-0.05, 0) is 11.5 Å². The highest BCUT2D eigenvalue weighted by molar-refractivity contribution is 7.92. The molecular formula is C21H21N7O3S. The maximum absolute atomic E-state index is 12.8. The van der Waals surface area contributed by atoms with Crippen LogP contribution >= 0.6 is 0 Å². The van der Waals surface area contributed by atoms with Crippen molar-refractivity contribution >= 4 is 16.0 Å². The monoisotopic (exact) mass is 451 g/mol. The Morgan fingerprint density at radius 1 is 1.06 bits per heavy atom. The summed E-state index contributed by atoms with van der Waals surface area (Å²) in [6.07, 6.45) is 6.98. The van der Waals surface area contributed by atoms with Crippen LogP contribution in [0.2, 0.25) is 0 Å². The first-order chi connectivity index (χ1) is 15.3. The molecule has 0 spiro atoms. The Balaban J connectivity index is 1.79. The molecule has 0 fully saturated rings. The van der Waals surface area contributed by atoms with Gasteiger partial charge in [-0.1, -0.05) is 38.1 Å². The summed E-state index contributed by atoms with van der Waals surface area (Å²) < 4.78 is 35.2. The van der Waals surface area contributed by atoms with Crippen molar-refractivity contribution in [2.75, 3.05) is 4.72 Å². The first-order valence-electron chi connectivity index (χ1n) is 9.74. The van der Waals surface area contributed by atoms with E-state index in [1.807, 2.05) is 24.3 Å². The van der Waals surface area contributed by atoms with Gasteiger partial charge in [0, 0.05) is 24.9 Å². The normalized spacial score (nSPS) is 11.5. The van der Waals surface area contributed by atoms with E-state index in [-0.39, 0.29) is 22.6 Å². The van der Waals surface area contributed by atoms with Crippen LogP contribution in [-0.2, 0) is 17.1 Å². The van der Waals surface area contributed by atoms with Crippen molar-refractivity contribution < 1.29 is 13.2 Å². The van der Waals surface area contributed by atoms with Crippen molar-refractivity contribution in [2.45, 2.75) is 24.7 Å². The molecule has 0 saturated heterocycles. The van der Waals surface area contributed by atoms with E-state index in [2.05, 4.69) is 43.6 Å². The van der Waals surface area contributed by atoms with Crippen molar-refractivity contribution in [3.05, 3.63) is 67.0 Å². The summed E-state index contributed by atoms with van der Waals surface area (Å²) in [5, 5.41) is 3.91. The third-order valence-electron chi connectivity index (χ3n) is 4.54. The second kappa shape index (κ2) is 8.71. The molecule has 3 heterocycles. The van der Waals surface area contributed by atoms with E-state index in [1.54, 1.807) is 13.1 Å². The van der Waals surface area contributed by atoms with Gasteiger partial charge >= 0.3 is 0 Å². The van der Waals surface area contributed by atoms with Crippen LogP contribution in [0.5, 0.6) is 11.6 Å². The molecule has 0 saturated carbocycles. The molecule has 1 aromatic carbocycles. The number of rotatable bonds is 7. The lowest BCUT2D eigenvalue weighted by molar-refractivity contribution is 0.458. The fourth-order valence-corrected chi connectivity index (χ4v) is 4.00. The van der Waals surface area contributed by atoms with E-state index in [0.29, 0.717) is 11.4 Å². The Morgan fingerprint density at radius 3 is 2.50 bits per heavy atom. The molecule has 11 heteroatoms. The predicted octanol–water partition coefficient (Wildman–Crippen LogP) is 3.38. The zero-order valence-corrected chi connectivity index (χ0v) is 18.5. The summed E-state index contributed by atoms with van der Waals surface area (Å²) in [7, 11) is -2.31. The summed E-state index contributed by atoms with van der Waals surface area (Å²) >= 11 is 0. The summed E-state index contributed by atoms with van der Waals surface area (Å²) in [6.45, 7) is 4.15. The topological polar surface area (TPSA) is 125 Å². The van der Waals surface area contributed by atoms with Crippen LogP contribution in [0.25, 0.3) is 11.3 Å². The van der Waals surface area contributed by atoms with Crippen LogP contribution in [0.3, 0.4) is 0 Å². The smallest absolute Gasteiger partial charge is 0.267 e. The van der Waals surface area contributed by atoms with Crippen molar-refractivity contribution in [1.29, 1.82) is 0 Å². The van der Waals surface area contributed by atoms with Gasteiger partial charge in [-0.25, -0.2) is 28.1 Å². The number of anilines is 1. The zero-order chi connectivity index (χ0) is 22.7. The molecule has 1 N–H and O–H groups in total. The van der Waals surface area contributed by atoms with Gasteiger partial charge in [0.05, 0.1) is 24.3 Å². The van der Waals surface area contributed by atoms with Crippen LogP contribution in [0, 0.1) is 0 Å². The second-order valence-electron chi connectivity index (χ2n) is 7.29. The summed E-state index contributed by atoms with van der Waals surface area (Å²) in [6, 6.07) is 9.43. The quantitative estimate of drug-likeness (QED) is 0.453. The standard InChI is InChI=1S/C21H21N7O3S/c1-14(2)17-6-4-5-7-18(17)19-8-20(31-15-9-22-13-23-10-15)26-21(25-19)27-32(29,30)16-11-24-28(3)12-16/h4-14H,1-3H3,(H,25,26,27). The number of ether oxygens (including phenoxy) is 1. The number of sulfonamides is 1. The minimum atomic E-state index is -3.95. The second-order valence-corrected chi connectivity index (χ2v) is 8.97. The average molecular weight is 452 g/mol. The van der Waals surface area contributed by atoms with Crippen molar-refractivity contribution in [2.24, 2.45) is 7.05 Å². The van der Waals surface area contributed by atoms with Crippen molar-refractivity contribution in [3.8, 4) is 22.9 Å². The first-order valence-corrected chi connectivity index (χ1v) is 11.2. The van der Waals surface area contributed by atoms with Gasteiger partial charge in [0.15, 0.2) is 5.75 Å². The SMILES string of the molecule is CC(C)c1ccccc1-c1cc(Oc2cncnc2)nc(NS(=O)(=O)c2cnn(C)c2)n1. The largest absolute Gasteiger partial charge is 0.436 e. The Kier molecular flexibility index (Phi) is 5.82. The minimum Gasteiger partial charge on any atom is -0.436 e. The maximum Gasteiger partial charge on any atom is 0.267 e. The lowest BCUT2D eigenvalue weighted by atomic mass is 9.95. The van der Waals surface area contributed by atoms with Crippen LogP contribution in [0.4, 0.5) is 5.95 Å². The molecule has 0 radical (unpaired) electrons. The molecule has 0 aliphatic carbocycles. The van der Waals surface area contributed by atoms with E-state index < -0.39 is 10.0 Å². The third-order valence-corrected chi connectivity index (χ3v) is 5.82. The molecule has 0 amide bonds. The Hall–Kier alpha value is -3.86. The highest BCUT2D eigenvalue weighted by Gasteiger charge is 2.20. The predicted molar refractivity (Wildman–Crippen MR) is 118 cm³/mol. The Labute approximate surface area is 185 Å². The molecule has 164 valence electrons. The number of nitrogens with one attached hydrogen (secondary N) is 1. The van der Waals surface area contributed by atoms with E-state index in [0.717, 1.165) is 11.1 Å². The van der Waals surface area contributed by atoms with E-state index >= 15 is 0 Å². The molecule has 10 nitrogen and oxygen atoms in total. The van der Waals surface area contributed by atoms with Gasteiger partial charge in [0.25, 0.3) is 10.0 Å². The molecule has 3 aromatic heterocycles. The third kappa shape index (κ3) is 4.72. The Morgan fingerprint density at radius 2 is 1.81 bits per heavy atom. The van der Waals surface area contributed by atoms with E-state index in [1.165, 1.54) is 35.8 Å². The lowest BCUT2D eigenvalue weighted by Gasteiger charge is -2.14. The van der Waals surface area contributed by atoms with Gasteiger partial charge in [-0.3, -0.25) is 4.68 Å². The van der Waals surface area contributed by atoms with Gasteiger partial charge in [-0.15, -0.1) is 0 Å². The summed E-state index contributed by atoms with van der Waals surface area (Å²) in [4.78, 5) is 16.5. The molecule has 32 heavy (non-hydrogen) atoms. The molecular weight excluding hydrogens is 430 g/mol. The number of nitrogens with zero attached hydrogens (tertiary/aromatic N) is 6. The fourth-order valence-electron chi connectivity index (χ4n) is 3.07. The van der Waals surface area contributed by atoms with Gasteiger partial charge in [-0.2, -0.15) is 10.1 Å². The number of aryl methyl sites for hydroxylation is 1. The molecule has 4 rings (SSSR count).